The molecule has 0 saturated heterocycles. The standard InChI is InChI=1S/C11H22N2OS/c1-15-7-6-13-11(14)10-4-2-9(8-12)3-5-10/h9-10H,2-8,12H2,1H3,(H,13,14). The average Bonchev–Trinajstić information content (AvgIpc) is 2.29. The first-order valence-corrected chi connectivity index (χ1v) is 7.14. The first-order valence-electron chi connectivity index (χ1n) is 5.74. The number of amides is 1. The van der Waals surface area contributed by atoms with Crippen molar-refractivity contribution in [1.29, 1.82) is 0 Å². The van der Waals surface area contributed by atoms with E-state index < -0.39 is 0 Å². The Morgan fingerprint density at radius 3 is 2.60 bits per heavy atom. The smallest absolute Gasteiger partial charge is 0.223 e. The van der Waals surface area contributed by atoms with Crippen molar-refractivity contribution in [1.82, 2.24) is 5.32 Å². The van der Waals surface area contributed by atoms with E-state index in [0.29, 0.717) is 5.92 Å². The molecule has 1 rings (SSSR count). The summed E-state index contributed by atoms with van der Waals surface area (Å²) in [5.74, 6) is 2.15. The summed E-state index contributed by atoms with van der Waals surface area (Å²) < 4.78 is 0. The Kier molecular flexibility index (Phi) is 6.10. The predicted molar refractivity (Wildman–Crippen MR) is 65.9 cm³/mol. The summed E-state index contributed by atoms with van der Waals surface area (Å²) in [5.41, 5.74) is 5.62. The monoisotopic (exact) mass is 230 g/mol. The molecule has 0 aliphatic heterocycles. The number of rotatable bonds is 5. The van der Waals surface area contributed by atoms with E-state index in [4.69, 9.17) is 5.73 Å². The zero-order valence-electron chi connectivity index (χ0n) is 9.50. The van der Waals surface area contributed by atoms with Crippen LogP contribution in [0.4, 0.5) is 0 Å². The summed E-state index contributed by atoms with van der Waals surface area (Å²) in [5, 5.41) is 3.00. The Balaban J connectivity index is 2.18. The fourth-order valence-corrected chi connectivity index (χ4v) is 2.39. The van der Waals surface area contributed by atoms with Crippen molar-refractivity contribution in [2.75, 3.05) is 25.1 Å². The maximum atomic E-state index is 11.7. The molecule has 0 atom stereocenters. The number of carbonyl (C=O) groups excluding carboxylic acids is 1. The lowest BCUT2D eigenvalue weighted by Gasteiger charge is -2.26. The van der Waals surface area contributed by atoms with E-state index in [0.717, 1.165) is 44.5 Å². The molecule has 88 valence electrons. The lowest BCUT2D eigenvalue weighted by Crippen LogP contribution is -2.35. The number of nitrogens with one attached hydrogen (secondary N) is 1. The number of nitrogens with two attached hydrogens (primary N) is 1. The lowest BCUT2D eigenvalue weighted by molar-refractivity contribution is -0.126. The van der Waals surface area contributed by atoms with Crippen LogP contribution in [0.3, 0.4) is 0 Å². The molecule has 0 heterocycles. The molecule has 0 radical (unpaired) electrons. The molecule has 1 amide bonds. The number of carbonyl (C=O) groups is 1. The van der Waals surface area contributed by atoms with Crippen LogP contribution in [0, 0.1) is 11.8 Å². The highest BCUT2D eigenvalue weighted by Gasteiger charge is 2.24. The number of hydrogen-bond donors (Lipinski definition) is 2. The van der Waals surface area contributed by atoms with E-state index in [9.17, 15) is 4.79 Å². The second-order valence-corrected chi connectivity index (χ2v) is 5.22. The lowest BCUT2D eigenvalue weighted by atomic mass is 9.81. The van der Waals surface area contributed by atoms with Crippen LogP contribution in [-0.4, -0.2) is 31.0 Å². The van der Waals surface area contributed by atoms with Crippen LogP contribution >= 0.6 is 11.8 Å². The van der Waals surface area contributed by atoms with Gasteiger partial charge in [0.1, 0.15) is 0 Å². The summed E-state index contributed by atoms with van der Waals surface area (Å²) in [6.07, 6.45) is 6.34. The minimum Gasteiger partial charge on any atom is -0.355 e. The fraction of sp³-hybridized carbons (Fsp3) is 0.909. The zero-order valence-corrected chi connectivity index (χ0v) is 10.3. The Hall–Kier alpha value is -0.220. The van der Waals surface area contributed by atoms with Gasteiger partial charge in [0.05, 0.1) is 0 Å². The molecule has 3 nitrogen and oxygen atoms in total. The third-order valence-electron chi connectivity index (χ3n) is 3.16. The molecule has 0 spiro atoms. The Labute approximate surface area is 96.6 Å². The minimum atomic E-state index is 0.245. The maximum absolute atomic E-state index is 11.7. The third-order valence-corrected chi connectivity index (χ3v) is 3.77. The molecular weight excluding hydrogens is 208 g/mol. The van der Waals surface area contributed by atoms with Crippen molar-refractivity contribution in [3.05, 3.63) is 0 Å². The van der Waals surface area contributed by atoms with Crippen LogP contribution in [0.1, 0.15) is 25.7 Å². The van der Waals surface area contributed by atoms with Crippen molar-refractivity contribution in [2.45, 2.75) is 25.7 Å². The third kappa shape index (κ3) is 4.43. The van der Waals surface area contributed by atoms with E-state index in [-0.39, 0.29) is 11.8 Å². The molecule has 0 unspecified atom stereocenters. The van der Waals surface area contributed by atoms with Gasteiger partial charge in [-0.3, -0.25) is 4.79 Å². The summed E-state index contributed by atoms with van der Waals surface area (Å²) in [7, 11) is 0. The van der Waals surface area contributed by atoms with Crippen LogP contribution in [0.15, 0.2) is 0 Å². The van der Waals surface area contributed by atoms with Crippen molar-refractivity contribution in [3.8, 4) is 0 Å². The summed E-state index contributed by atoms with van der Waals surface area (Å²) >= 11 is 1.76. The van der Waals surface area contributed by atoms with Gasteiger partial charge < -0.3 is 11.1 Å². The highest BCUT2D eigenvalue weighted by molar-refractivity contribution is 7.98. The van der Waals surface area contributed by atoms with Gasteiger partial charge in [0.15, 0.2) is 0 Å². The molecule has 0 aromatic heterocycles. The Morgan fingerprint density at radius 2 is 2.07 bits per heavy atom. The highest BCUT2D eigenvalue weighted by Crippen LogP contribution is 2.27. The van der Waals surface area contributed by atoms with Crippen molar-refractivity contribution >= 4 is 17.7 Å². The largest absolute Gasteiger partial charge is 0.355 e. The van der Waals surface area contributed by atoms with Gasteiger partial charge in [-0.2, -0.15) is 11.8 Å². The van der Waals surface area contributed by atoms with Crippen molar-refractivity contribution < 1.29 is 4.79 Å². The zero-order chi connectivity index (χ0) is 11.1. The summed E-state index contributed by atoms with van der Waals surface area (Å²) in [6.45, 7) is 1.58. The van der Waals surface area contributed by atoms with Crippen molar-refractivity contribution in [3.63, 3.8) is 0 Å². The van der Waals surface area contributed by atoms with Crippen LogP contribution in [0.2, 0.25) is 0 Å². The van der Waals surface area contributed by atoms with E-state index in [1.54, 1.807) is 11.8 Å². The Morgan fingerprint density at radius 1 is 1.40 bits per heavy atom. The van der Waals surface area contributed by atoms with Crippen LogP contribution in [0.5, 0.6) is 0 Å². The molecule has 0 aromatic rings. The second kappa shape index (κ2) is 7.12. The average molecular weight is 230 g/mol. The van der Waals surface area contributed by atoms with E-state index in [1.165, 1.54) is 0 Å². The first-order chi connectivity index (χ1) is 7.27. The van der Waals surface area contributed by atoms with Crippen molar-refractivity contribution in [2.24, 2.45) is 17.6 Å². The van der Waals surface area contributed by atoms with Gasteiger partial charge in [-0.25, -0.2) is 0 Å². The molecule has 1 aliphatic carbocycles. The summed E-state index contributed by atoms with van der Waals surface area (Å²) in [6, 6.07) is 0. The number of hydrogen-bond acceptors (Lipinski definition) is 3. The SMILES string of the molecule is CSCCNC(=O)C1CCC(CN)CC1. The highest BCUT2D eigenvalue weighted by atomic mass is 32.2. The maximum Gasteiger partial charge on any atom is 0.223 e. The molecule has 1 saturated carbocycles. The van der Waals surface area contributed by atoms with E-state index in [1.807, 2.05) is 0 Å². The molecule has 0 aromatic carbocycles. The van der Waals surface area contributed by atoms with Crippen LogP contribution in [-0.2, 0) is 4.79 Å². The molecule has 15 heavy (non-hydrogen) atoms. The Bertz CT molecular complexity index is 191. The van der Waals surface area contributed by atoms with Gasteiger partial charge >= 0.3 is 0 Å². The van der Waals surface area contributed by atoms with Gasteiger partial charge in [-0.15, -0.1) is 0 Å². The van der Waals surface area contributed by atoms with E-state index in [2.05, 4.69) is 11.6 Å². The van der Waals surface area contributed by atoms with Gasteiger partial charge in [0.25, 0.3) is 0 Å². The number of thioether (sulfide) groups is 1. The quantitative estimate of drug-likeness (QED) is 0.699. The molecular formula is C11H22N2OS. The van der Waals surface area contributed by atoms with Crippen LogP contribution in [0.25, 0.3) is 0 Å². The van der Waals surface area contributed by atoms with Gasteiger partial charge in [0, 0.05) is 18.2 Å². The van der Waals surface area contributed by atoms with E-state index >= 15 is 0 Å². The fourth-order valence-electron chi connectivity index (χ4n) is 2.08. The van der Waals surface area contributed by atoms with Gasteiger partial charge in [-0.1, -0.05) is 0 Å². The second-order valence-electron chi connectivity index (χ2n) is 4.24. The molecule has 1 fully saturated rings. The molecule has 1 aliphatic rings. The predicted octanol–water partition coefficient (Wildman–Crippen LogP) is 1.23. The topological polar surface area (TPSA) is 55.1 Å². The molecule has 4 heteroatoms. The summed E-state index contributed by atoms with van der Waals surface area (Å²) in [4.78, 5) is 11.7. The van der Waals surface area contributed by atoms with Gasteiger partial charge in [0.2, 0.25) is 5.91 Å². The molecule has 3 N–H and O–H groups in total. The first kappa shape index (κ1) is 12.8. The van der Waals surface area contributed by atoms with Gasteiger partial charge in [-0.05, 0) is 44.4 Å². The normalized spacial score (nSPS) is 26.3. The van der Waals surface area contributed by atoms with Crippen LogP contribution < -0.4 is 11.1 Å². The molecule has 0 bridgehead atoms. The minimum absolute atomic E-state index is 0.245.